The number of nitrogens with zero attached hydrogens (tertiary/aromatic N) is 1. The third-order valence-electron chi connectivity index (χ3n) is 2.97. The van der Waals surface area contributed by atoms with Crippen molar-refractivity contribution in [1.29, 1.82) is 0 Å². The molecule has 3 rings (SSSR count). The van der Waals surface area contributed by atoms with Gasteiger partial charge in [0.2, 0.25) is 0 Å². The number of hydrogen-bond donors (Lipinski definition) is 1. The largest absolute Gasteiger partial charge is 0.338 e. The van der Waals surface area contributed by atoms with Crippen LogP contribution < -0.4 is 0 Å². The zero-order chi connectivity index (χ0) is 13.9. The van der Waals surface area contributed by atoms with Gasteiger partial charge in [-0.3, -0.25) is 0 Å². The summed E-state index contributed by atoms with van der Waals surface area (Å²) in [5.74, 6) is 0.776. The highest BCUT2D eigenvalue weighted by Crippen LogP contribution is 2.28. The average molecular weight is 343 g/mol. The zero-order valence-electron chi connectivity index (χ0n) is 10.5. The first kappa shape index (κ1) is 13.2. The summed E-state index contributed by atoms with van der Waals surface area (Å²) in [6.45, 7) is 0. The van der Waals surface area contributed by atoms with Crippen molar-refractivity contribution in [3.8, 4) is 22.6 Å². The Morgan fingerprint density at radius 2 is 1.40 bits per heavy atom. The third-order valence-corrected chi connectivity index (χ3v) is 4.30. The minimum atomic E-state index is 0.557. The smallest absolute Gasteiger partial charge is 0.144 e. The highest BCUT2D eigenvalue weighted by molar-refractivity contribution is 9.10. The molecule has 0 saturated carbocycles. The first-order valence-corrected chi connectivity index (χ1v) is 7.36. The van der Waals surface area contributed by atoms with Gasteiger partial charge in [-0.05, 0) is 21.5 Å². The average Bonchev–Trinajstić information content (AvgIpc) is 2.51. The highest BCUT2D eigenvalue weighted by Gasteiger charge is 2.09. The van der Waals surface area contributed by atoms with E-state index in [1.54, 1.807) is 0 Å². The van der Waals surface area contributed by atoms with Crippen molar-refractivity contribution in [3.63, 3.8) is 0 Å². The molecule has 0 bridgehead atoms. The molecule has 0 saturated heterocycles. The molecule has 3 aromatic rings. The summed E-state index contributed by atoms with van der Waals surface area (Å²) in [7, 11) is 0. The van der Waals surface area contributed by atoms with Gasteiger partial charge in [0.25, 0.3) is 0 Å². The van der Waals surface area contributed by atoms with E-state index in [-0.39, 0.29) is 0 Å². The SMILES string of the molecule is S=c1nc(-c2ccccc2)[nH]c(-c2ccccc2)c1Br. The topological polar surface area (TPSA) is 28.7 Å². The molecule has 2 nitrogen and oxygen atoms in total. The molecular formula is C16H11BrN2S. The van der Waals surface area contributed by atoms with Crippen LogP contribution >= 0.6 is 28.1 Å². The maximum atomic E-state index is 5.35. The Kier molecular flexibility index (Phi) is 3.76. The van der Waals surface area contributed by atoms with E-state index in [9.17, 15) is 0 Å². The summed E-state index contributed by atoms with van der Waals surface area (Å²) in [5.41, 5.74) is 3.04. The molecule has 2 aromatic carbocycles. The molecule has 0 aliphatic rings. The second kappa shape index (κ2) is 5.69. The van der Waals surface area contributed by atoms with Gasteiger partial charge in [-0.1, -0.05) is 72.9 Å². The molecule has 98 valence electrons. The first-order valence-electron chi connectivity index (χ1n) is 6.16. The van der Waals surface area contributed by atoms with Crippen LogP contribution in [-0.4, -0.2) is 9.97 Å². The van der Waals surface area contributed by atoms with Crippen molar-refractivity contribution in [3.05, 3.63) is 69.8 Å². The van der Waals surface area contributed by atoms with Gasteiger partial charge in [0.15, 0.2) is 0 Å². The van der Waals surface area contributed by atoms with Crippen LogP contribution in [0.3, 0.4) is 0 Å². The standard InChI is InChI=1S/C16H11BrN2S/c17-13-14(11-7-3-1-4-8-11)18-15(19-16(13)20)12-9-5-2-6-10-12/h1-10H,(H,18,19,20). The van der Waals surface area contributed by atoms with E-state index < -0.39 is 0 Å². The van der Waals surface area contributed by atoms with Gasteiger partial charge in [-0.15, -0.1) is 0 Å². The van der Waals surface area contributed by atoms with Crippen LogP contribution in [0.5, 0.6) is 0 Å². The fraction of sp³-hybridized carbons (Fsp3) is 0. The molecule has 0 fully saturated rings. The summed E-state index contributed by atoms with van der Waals surface area (Å²) in [6.07, 6.45) is 0. The second-order valence-electron chi connectivity index (χ2n) is 4.31. The molecule has 0 aliphatic heterocycles. The lowest BCUT2D eigenvalue weighted by Gasteiger charge is -2.09. The molecule has 0 unspecified atom stereocenters. The first-order chi connectivity index (χ1) is 9.75. The van der Waals surface area contributed by atoms with Crippen LogP contribution in [0.4, 0.5) is 0 Å². The van der Waals surface area contributed by atoms with Crippen molar-refractivity contribution in [2.24, 2.45) is 0 Å². The van der Waals surface area contributed by atoms with Crippen molar-refractivity contribution in [2.75, 3.05) is 0 Å². The number of aromatic amines is 1. The van der Waals surface area contributed by atoms with Gasteiger partial charge < -0.3 is 4.98 Å². The highest BCUT2D eigenvalue weighted by atomic mass is 79.9. The fourth-order valence-electron chi connectivity index (χ4n) is 2.00. The predicted octanol–water partition coefficient (Wildman–Crippen LogP) is 5.24. The lowest BCUT2D eigenvalue weighted by atomic mass is 10.1. The number of halogens is 1. The predicted molar refractivity (Wildman–Crippen MR) is 88.0 cm³/mol. The molecule has 1 N–H and O–H groups in total. The van der Waals surface area contributed by atoms with Gasteiger partial charge in [0.05, 0.1) is 10.2 Å². The van der Waals surface area contributed by atoms with Crippen molar-refractivity contribution in [2.45, 2.75) is 0 Å². The second-order valence-corrected chi connectivity index (χ2v) is 5.49. The Morgan fingerprint density at radius 3 is 2.00 bits per heavy atom. The maximum Gasteiger partial charge on any atom is 0.144 e. The lowest BCUT2D eigenvalue weighted by molar-refractivity contribution is 1.15. The number of aromatic nitrogens is 2. The number of benzene rings is 2. The Bertz CT molecular complexity index is 783. The van der Waals surface area contributed by atoms with E-state index in [0.29, 0.717) is 4.64 Å². The molecule has 1 heterocycles. The Balaban J connectivity index is 2.22. The monoisotopic (exact) mass is 342 g/mol. The molecular weight excluding hydrogens is 332 g/mol. The van der Waals surface area contributed by atoms with Gasteiger partial charge in [0, 0.05) is 5.56 Å². The van der Waals surface area contributed by atoms with Crippen LogP contribution in [-0.2, 0) is 0 Å². The quantitative estimate of drug-likeness (QED) is 0.645. The van der Waals surface area contributed by atoms with Gasteiger partial charge in [-0.2, -0.15) is 0 Å². The Labute approximate surface area is 130 Å². The maximum absolute atomic E-state index is 5.35. The van der Waals surface area contributed by atoms with Gasteiger partial charge in [-0.25, -0.2) is 4.98 Å². The van der Waals surface area contributed by atoms with Crippen molar-refractivity contribution >= 4 is 28.1 Å². The van der Waals surface area contributed by atoms with Crippen LogP contribution in [0.15, 0.2) is 65.1 Å². The van der Waals surface area contributed by atoms with E-state index in [2.05, 4.69) is 25.9 Å². The summed E-state index contributed by atoms with van der Waals surface area (Å²) in [5, 5.41) is 0. The minimum Gasteiger partial charge on any atom is -0.338 e. The molecule has 1 aromatic heterocycles. The number of hydrogen-bond acceptors (Lipinski definition) is 2. The van der Waals surface area contributed by atoms with Crippen molar-refractivity contribution in [1.82, 2.24) is 9.97 Å². The van der Waals surface area contributed by atoms with Crippen LogP contribution in [0.2, 0.25) is 0 Å². The van der Waals surface area contributed by atoms with Gasteiger partial charge >= 0.3 is 0 Å². The summed E-state index contributed by atoms with van der Waals surface area (Å²) >= 11 is 8.88. The van der Waals surface area contributed by atoms with Crippen LogP contribution in [0.1, 0.15) is 0 Å². The normalized spacial score (nSPS) is 10.4. The molecule has 0 atom stereocenters. The summed E-state index contributed by atoms with van der Waals surface area (Å²) in [4.78, 5) is 7.80. The van der Waals surface area contributed by atoms with Crippen LogP contribution in [0.25, 0.3) is 22.6 Å². The molecule has 20 heavy (non-hydrogen) atoms. The number of nitrogens with one attached hydrogen (secondary N) is 1. The molecule has 4 heteroatoms. The molecule has 0 amide bonds. The number of rotatable bonds is 2. The lowest BCUT2D eigenvalue weighted by Crippen LogP contribution is -1.94. The zero-order valence-corrected chi connectivity index (χ0v) is 12.9. The van der Waals surface area contributed by atoms with E-state index in [4.69, 9.17) is 12.2 Å². The van der Waals surface area contributed by atoms with E-state index >= 15 is 0 Å². The minimum absolute atomic E-state index is 0.557. The fourth-order valence-corrected chi connectivity index (χ4v) is 2.61. The number of H-pyrrole nitrogens is 1. The van der Waals surface area contributed by atoms with E-state index in [1.807, 2.05) is 60.7 Å². The van der Waals surface area contributed by atoms with E-state index in [1.165, 1.54) is 0 Å². The third kappa shape index (κ3) is 2.57. The molecule has 0 aliphatic carbocycles. The molecule has 0 spiro atoms. The summed E-state index contributed by atoms with van der Waals surface area (Å²) < 4.78 is 1.37. The summed E-state index contributed by atoms with van der Waals surface area (Å²) in [6, 6.07) is 20.0. The van der Waals surface area contributed by atoms with E-state index in [0.717, 1.165) is 27.1 Å². The Morgan fingerprint density at radius 1 is 0.850 bits per heavy atom. The van der Waals surface area contributed by atoms with Crippen LogP contribution in [0, 0.1) is 4.64 Å². The molecule has 0 radical (unpaired) electrons. The van der Waals surface area contributed by atoms with Crippen molar-refractivity contribution < 1.29 is 0 Å². The Hall–Kier alpha value is -1.78. The van der Waals surface area contributed by atoms with Gasteiger partial charge in [0.1, 0.15) is 10.5 Å².